The highest BCUT2D eigenvalue weighted by Crippen LogP contribution is 2.28. The summed E-state index contributed by atoms with van der Waals surface area (Å²) >= 11 is 0. The first-order chi connectivity index (χ1) is 11.5. The summed E-state index contributed by atoms with van der Waals surface area (Å²) in [5.41, 5.74) is 1.77. The van der Waals surface area contributed by atoms with Gasteiger partial charge in [0.25, 0.3) is 5.91 Å². The smallest absolute Gasteiger partial charge is 0.262 e. The van der Waals surface area contributed by atoms with E-state index in [0.29, 0.717) is 28.9 Å². The van der Waals surface area contributed by atoms with Crippen LogP contribution < -0.4 is 19.5 Å². The molecule has 0 aliphatic rings. The number of benzene rings is 2. The van der Waals surface area contributed by atoms with Crippen LogP contribution in [0.3, 0.4) is 0 Å². The zero-order valence-corrected chi connectivity index (χ0v) is 14.5. The van der Waals surface area contributed by atoms with Crippen LogP contribution in [0.2, 0.25) is 0 Å². The van der Waals surface area contributed by atoms with Crippen LogP contribution in [0.15, 0.2) is 42.5 Å². The molecule has 5 heteroatoms. The molecule has 5 nitrogen and oxygen atoms in total. The number of anilines is 1. The fraction of sp³-hybridized carbons (Fsp3) is 0.316. The van der Waals surface area contributed by atoms with Gasteiger partial charge in [0, 0.05) is 6.07 Å². The number of ether oxygens (including phenoxy) is 3. The quantitative estimate of drug-likeness (QED) is 0.838. The zero-order valence-electron chi connectivity index (χ0n) is 14.5. The van der Waals surface area contributed by atoms with Gasteiger partial charge in [0.1, 0.15) is 17.2 Å². The van der Waals surface area contributed by atoms with Gasteiger partial charge in [0.15, 0.2) is 6.61 Å². The zero-order chi connectivity index (χ0) is 17.5. The van der Waals surface area contributed by atoms with E-state index >= 15 is 0 Å². The highest BCUT2D eigenvalue weighted by atomic mass is 16.5. The summed E-state index contributed by atoms with van der Waals surface area (Å²) in [4.78, 5) is 12.1. The van der Waals surface area contributed by atoms with E-state index in [9.17, 15) is 4.79 Å². The fourth-order valence-electron chi connectivity index (χ4n) is 2.20. The Morgan fingerprint density at radius 2 is 1.67 bits per heavy atom. The lowest BCUT2D eigenvalue weighted by Crippen LogP contribution is -2.20. The molecule has 0 heterocycles. The summed E-state index contributed by atoms with van der Waals surface area (Å²) in [7, 11) is 3.11. The Hall–Kier alpha value is -2.69. The molecule has 0 bridgehead atoms. The van der Waals surface area contributed by atoms with Crippen molar-refractivity contribution in [2.45, 2.75) is 19.8 Å². The van der Waals surface area contributed by atoms with Crippen molar-refractivity contribution < 1.29 is 19.0 Å². The number of methoxy groups -OCH3 is 2. The summed E-state index contributed by atoms with van der Waals surface area (Å²) in [5, 5.41) is 2.77. The number of hydrogen-bond donors (Lipinski definition) is 1. The third-order valence-corrected chi connectivity index (χ3v) is 3.60. The Kier molecular flexibility index (Phi) is 6.07. The average molecular weight is 329 g/mol. The second-order valence-electron chi connectivity index (χ2n) is 5.63. The molecule has 2 aromatic carbocycles. The second kappa shape index (κ2) is 8.24. The lowest BCUT2D eigenvalue weighted by molar-refractivity contribution is -0.118. The molecule has 128 valence electrons. The van der Waals surface area contributed by atoms with Crippen molar-refractivity contribution in [2.75, 3.05) is 26.1 Å². The maximum atomic E-state index is 12.1. The van der Waals surface area contributed by atoms with E-state index in [-0.39, 0.29) is 12.5 Å². The van der Waals surface area contributed by atoms with Gasteiger partial charge in [0.2, 0.25) is 0 Å². The van der Waals surface area contributed by atoms with Gasteiger partial charge in [-0.3, -0.25) is 4.79 Å². The van der Waals surface area contributed by atoms with Gasteiger partial charge in [-0.25, -0.2) is 0 Å². The molecule has 2 aromatic rings. The summed E-state index contributed by atoms with van der Waals surface area (Å²) < 4.78 is 15.9. The normalized spacial score (nSPS) is 10.4. The Bertz CT molecular complexity index is 680. The Morgan fingerprint density at radius 1 is 1.00 bits per heavy atom. The SMILES string of the molecule is COc1ccc(OC)c(NC(=O)COc2ccc(C(C)C)cc2)c1. The van der Waals surface area contributed by atoms with Crippen molar-refractivity contribution in [3.63, 3.8) is 0 Å². The van der Waals surface area contributed by atoms with Crippen LogP contribution in [0.5, 0.6) is 17.2 Å². The van der Waals surface area contributed by atoms with E-state index in [1.165, 1.54) is 5.56 Å². The van der Waals surface area contributed by atoms with Crippen molar-refractivity contribution in [1.29, 1.82) is 0 Å². The summed E-state index contributed by atoms with van der Waals surface area (Å²) in [6.07, 6.45) is 0. The van der Waals surface area contributed by atoms with Crippen molar-refractivity contribution in [3.05, 3.63) is 48.0 Å². The van der Waals surface area contributed by atoms with Crippen LogP contribution in [0.1, 0.15) is 25.3 Å². The molecule has 0 saturated carbocycles. The molecule has 1 amide bonds. The number of rotatable bonds is 7. The summed E-state index contributed by atoms with van der Waals surface area (Å²) in [6, 6.07) is 12.9. The molecule has 0 fully saturated rings. The maximum absolute atomic E-state index is 12.1. The van der Waals surface area contributed by atoms with Crippen molar-refractivity contribution in [2.24, 2.45) is 0 Å². The molecule has 1 N–H and O–H groups in total. The van der Waals surface area contributed by atoms with Gasteiger partial charge in [0.05, 0.1) is 19.9 Å². The topological polar surface area (TPSA) is 56.8 Å². The molecule has 0 radical (unpaired) electrons. The predicted octanol–water partition coefficient (Wildman–Crippen LogP) is 3.84. The van der Waals surface area contributed by atoms with Gasteiger partial charge in [-0.15, -0.1) is 0 Å². The van der Waals surface area contributed by atoms with E-state index in [0.717, 1.165) is 0 Å². The molecule has 0 aliphatic heterocycles. The fourth-order valence-corrected chi connectivity index (χ4v) is 2.20. The summed E-state index contributed by atoms with van der Waals surface area (Å²) in [6.45, 7) is 4.18. The minimum Gasteiger partial charge on any atom is -0.497 e. The third kappa shape index (κ3) is 4.65. The van der Waals surface area contributed by atoms with E-state index in [2.05, 4.69) is 19.2 Å². The van der Waals surface area contributed by atoms with Crippen LogP contribution >= 0.6 is 0 Å². The van der Waals surface area contributed by atoms with Gasteiger partial charge in [-0.05, 0) is 35.7 Å². The molecule has 0 unspecified atom stereocenters. The largest absolute Gasteiger partial charge is 0.497 e. The molecule has 0 saturated heterocycles. The second-order valence-corrected chi connectivity index (χ2v) is 5.63. The number of amides is 1. The van der Waals surface area contributed by atoms with Gasteiger partial charge >= 0.3 is 0 Å². The Labute approximate surface area is 142 Å². The highest BCUT2D eigenvalue weighted by Gasteiger charge is 2.10. The van der Waals surface area contributed by atoms with E-state index in [1.54, 1.807) is 32.4 Å². The van der Waals surface area contributed by atoms with Crippen LogP contribution in [-0.2, 0) is 4.79 Å². The van der Waals surface area contributed by atoms with Gasteiger partial charge < -0.3 is 19.5 Å². The molecular weight excluding hydrogens is 306 g/mol. The summed E-state index contributed by atoms with van der Waals surface area (Å²) in [5.74, 6) is 2.05. The van der Waals surface area contributed by atoms with Crippen LogP contribution in [-0.4, -0.2) is 26.7 Å². The number of carbonyl (C=O) groups is 1. The minimum absolute atomic E-state index is 0.0820. The number of carbonyl (C=O) groups excluding carboxylic acids is 1. The molecule has 0 aromatic heterocycles. The molecule has 24 heavy (non-hydrogen) atoms. The van der Waals surface area contributed by atoms with Gasteiger partial charge in [-0.2, -0.15) is 0 Å². The molecule has 0 aliphatic carbocycles. The monoisotopic (exact) mass is 329 g/mol. The van der Waals surface area contributed by atoms with Crippen molar-refractivity contribution in [1.82, 2.24) is 0 Å². The first-order valence-electron chi connectivity index (χ1n) is 7.78. The van der Waals surface area contributed by atoms with E-state index < -0.39 is 0 Å². The van der Waals surface area contributed by atoms with Crippen LogP contribution in [0.4, 0.5) is 5.69 Å². The lowest BCUT2D eigenvalue weighted by Gasteiger charge is -2.12. The first kappa shape index (κ1) is 17.7. The molecule has 0 spiro atoms. The van der Waals surface area contributed by atoms with Crippen LogP contribution in [0.25, 0.3) is 0 Å². The maximum Gasteiger partial charge on any atom is 0.262 e. The lowest BCUT2D eigenvalue weighted by atomic mass is 10.0. The van der Waals surface area contributed by atoms with E-state index in [1.807, 2.05) is 24.3 Å². The molecule has 0 atom stereocenters. The van der Waals surface area contributed by atoms with E-state index in [4.69, 9.17) is 14.2 Å². The van der Waals surface area contributed by atoms with Crippen LogP contribution in [0, 0.1) is 0 Å². The standard InChI is InChI=1S/C19H23NO4/c1-13(2)14-5-7-15(8-6-14)24-12-19(21)20-17-11-16(22-3)9-10-18(17)23-4/h5-11,13H,12H2,1-4H3,(H,20,21). The third-order valence-electron chi connectivity index (χ3n) is 3.60. The van der Waals surface area contributed by atoms with Crippen molar-refractivity contribution in [3.8, 4) is 17.2 Å². The number of nitrogens with one attached hydrogen (secondary N) is 1. The Balaban J connectivity index is 1.96. The van der Waals surface area contributed by atoms with Gasteiger partial charge in [-0.1, -0.05) is 26.0 Å². The first-order valence-corrected chi connectivity index (χ1v) is 7.78. The molecule has 2 rings (SSSR count). The predicted molar refractivity (Wildman–Crippen MR) is 94.2 cm³/mol. The van der Waals surface area contributed by atoms with Crippen molar-refractivity contribution >= 4 is 11.6 Å². The average Bonchev–Trinajstić information content (AvgIpc) is 2.60. The minimum atomic E-state index is -0.269. The number of hydrogen-bond acceptors (Lipinski definition) is 4. The highest BCUT2D eigenvalue weighted by molar-refractivity contribution is 5.93. The Morgan fingerprint density at radius 3 is 2.25 bits per heavy atom. The molecular formula is C19H23NO4.